The lowest BCUT2D eigenvalue weighted by Crippen LogP contribution is -2.15. The van der Waals surface area contributed by atoms with Crippen molar-refractivity contribution in [3.63, 3.8) is 0 Å². The maximum Gasteiger partial charge on any atom is 0.106 e. The van der Waals surface area contributed by atoms with Crippen LogP contribution in [0.4, 0.5) is 0 Å². The highest BCUT2D eigenvalue weighted by molar-refractivity contribution is 5.41. The fraction of sp³-hybridized carbons (Fsp3) is 0.300. The molecule has 1 heteroatoms. The summed E-state index contributed by atoms with van der Waals surface area (Å²) in [5.41, 5.74) is 2.21. The molecule has 0 saturated heterocycles. The molecule has 0 atom stereocenters. The maximum atomic E-state index is 5.47. The van der Waals surface area contributed by atoms with Gasteiger partial charge in [-0.25, -0.2) is 0 Å². The van der Waals surface area contributed by atoms with Crippen LogP contribution in [0, 0.1) is 5.41 Å². The van der Waals surface area contributed by atoms with Crippen LogP contribution in [-0.4, -0.2) is 6.61 Å². The normalized spacial score (nSPS) is 14.2. The molecule has 0 spiro atoms. The summed E-state index contributed by atoms with van der Waals surface area (Å²) in [6.45, 7) is 20.1. The van der Waals surface area contributed by atoms with E-state index in [0.29, 0.717) is 6.61 Å². The lowest BCUT2D eigenvalue weighted by Gasteiger charge is -2.28. The van der Waals surface area contributed by atoms with Gasteiger partial charge in [0.15, 0.2) is 0 Å². The molecule has 0 aliphatic carbocycles. The molecule has 0 unspecified atom stereocenters. The predicted octanol–water partition coefficient (Wildman–Crippen LogP) is 5.92. The highest BCUT2D eigenvalue weighted by Gasteiger charge is 2.23. The summed E-state index contributed by atoms with van der Waals surface area (Å²) in [6.07, 6.45) is 15.6. The third-order valence-corrected chi connectivity index (χ3v) is 3.31. The number of hydrogen-bond donors (Lipinski definition) is 0. The fourth-order valence-corrected chi connectivity index (χ4v) is 1.98. The van der Waals surface area contributed by atoms with Crippen molar-refractivity contribution in [1.29, 1.82) is 0 Å². The second-order valence-electron chi connectivity index (χ2n) is 5.17. The van der Waals surface area contributed by atoms with Gasteiger partial charge in [-0.05, 0) is 31.1 Å². The Kier molecular flexibility index (Phi) is 8.87. The first-order valence-electron chi connectivity index (χ1n) is 7.15. The Hall–Kier alpha value is -2.02. The lowest BCUT2D eigenvalue weighted by atomic mass is 9.76. The van der Waals surface area contributed by atoms with E-state index in [1.54, 1.807) is 12.2 Å². The van der Waals surface area contributed by atoms with E-state index in [4.69, 9.17) is 4.74 Å². The molecule has 0 aromatic rings. The molecule has 1 nitrogen and oxygen atoms in total. The summed E-state index contributed by atoms with van der Waals surface area (Å²) >= 11 is 0. The molecule has 0 amide bonds. The lowest BCUT2D eigenvalue weighted by molar-refractivity contribution is 0.250. The van der Waals surface area contributed by atoms with Crippen LogP contribution in [-0.2, 0) is 4.74 Å². The van der Waals surface area contributed by atoms with E-state index in [1.165, 1.54) is 5.57 Å². The van der Waals surface area contributed by atoms with Gasteiger partial charge in [-0.1, -0.05) is 76.1 Å². The highest BCUT2D eigenvalue weighted by Crippen LogP contribution is 2.36. The Morgan fingerprint density at radius 1 is 1.10 bits per heavy atom. The van der Waals surface area contributed by atoms with Crippen molar-refractivity contribution in [3.8, 4) is 0 Å². The minimum atomic E-state index is -0.134. The zero-order valence-electron chi connectivity index (χ0n) is 13.9. The molecule has 0 saturated carbocycles. The van der Waals surface area contributed by atoms with Gasteiger partial charge in [0, 0.05) is 5.41 Å². The SMILES string of the molecule is C=C/C=C\C(=C/C)C(C)(C)/C(C=C)=C/C=C(\C)OCC=C. The Labute approximate surface area is 130 Å². The number of allylic oxidation sites excluding steroid dienone is 10. The van der Waals surface area contributed by atoms with Gasteiger partial charge in [0.1, 0.15) is 6.61 Å². The van der Waals surface area contributed by atoms with Crippen molar-refractivity contribution in [2.75, 3.05) is 6.61 Å². The van der Waals surface area contributed by atoms with Gasteiger partial charge >= 0.3 is 0 Å². The highest BCUT2D eigenvalue weighted by atomic mass is 16.5. The molecule has 0 rings (SSSR count). The fourth-order valence-electron chi connectivity index (χ4n) is 1.98. The van der Waals surface area contributed by atoms with E-state index in [1.807, 2.05) is 32.1 Å². The molecule has 0 N–H and O–H groups in total. The molecule has 0 heterocycles. The molecular formula is C20H28O. The summed E-state index contributed by atoms with van der Waals surface area (Å²) in [7, 11) is 0. The van der Waals surface area contributed by atoms with Gasteiger partial charge in [-0.2, -0.15) is 0 Å². The first kappa shape index (κ1) is 19.0. The van der Waals surface area contributed by atoms with Crippen LogP contribution < -0.4 is 0 Å². The first-order chi connectivity index (χ1) is 9.93. The Bertz CT molecular complexity index is 482. The zero-order chi connectivity index (χ0) is 16.3. The predicted molar refractivity (Wildman–Crippen MR) is 95.1 cm³/mol. The number of ether oxygens (including phenoxy) is 1. The maximum absolute atomic E-state index is 5.47. The zero-order valence-corrected chi connectivity index (χ0v) is 13.9. The molecule has 0 radical (unpaired) electrons. The van der Waals surface area contributed by atoms with Crippen molar-refractivity contribution in [2.24, 2.45) is 5.41 Å². The van der Waals surface area contributed by atoms with Gasteiger partial charge in [-0.15, -0.1) is 0 Å². The quantitative estimate of drug-likeness (QED) is 0.290. The van der Waals surface area contributed by atoms with E-state index in [0.717, 1.165) is 11.3 Å². The molecule has 0 bridgehead atoms. The average molecular weight is 284 g/mol. The average Bonchev–Trinajstić information content (AvgIpc) is 2.46. The van der Waals surface area contributed by atoms with Crippen molar-refractivity contribution < 1.29 is 4.74 Å². The van der Waals surface area contributed by atoms with Crippen LogP contribution in [0.3, 0.4) is 0 Å². The molecule has 0 aromatic carbocycles. The molecular weight excluding hydrogens is 256 g/mol. The summed E-state index contributed by atoms with van der Waals surface area (Å²) in [6, 6.07) is 0. The molecule has 21 heavy (non-hydrogen) atoms. The molecule has 0 aliphatic rings. The second-order valence-corrected chi connectivity index (χ2v) is 5.17. The van der Waals surface area contributed by atoms with Crippen LogP contribution in [0.5, 0.6) is 0 Å². The molecule has 0 fully saturated rings. The van der Waals surface area contributed by atoms with Crippen molar-refractivity contribution >= 4 is 0 Å². The largest absolute Gasteiger partial charge is 0.494 e. The number of hydrogen-bond acceptors (Lipinski definition) is 1. The molecule has 0 aromatic heterocycles. The van der Waals surface area contributed by atoms with Crippen LogP contribution in [0.2, 0.25) is 0 Å². The minimum absolute atomic E-state index is 0.134. The van der Waals surface area contributed by atoms with E-state index in [2.05, 4.69) is 51.8 Å². The summed E-state index contributed by atoms with van der Waals surface area (Å²) in [5, 5.41) is 0. The van der Waals surface area contributed by atoms with Crippen LogP contribution in [0.15, 0.2) is 85.3 Å². The molecule has 0 aliphatic heterocycles. The molecule has 114 valence electrons. The van der Waals surface area contributed by atoms with Crippen molar-refractivity contribution in [2.45, 2.75) is 27.7 Å². The second kappa shape index (κ2) is 9.82. The van der Waals surface area contributed by atoms with Gasteiger partial charge < -0.3 is 4.74 Å². The standard InChI is InChI=1S/C20H28O/c1-8-12-13-18(10-3)20(6,7)19(11-4)15-14-17(5)21-16-9-2/h8-15H,1-2,4,16H2,3,5-7H3/b13-12-,17-14+,18-10+,19-15+. The Morgan fingerprint density at radius 2 is 1.76 bits per heavy atom. The van der Waals surface area contributed by atoms with Gasteiger partial charge in [0.2, 0.25) is 0 Å². The van der Waals surface area contributed by atoms with Gasteiger partial charge in [0.25, 0.3) is 0 Å². The summed E-state index contributed by atoms with van der Waals surface area (Å²) in [5.74, 6) is 0.855. The minimum Gasteiger partial charge on any atom is -0.494 e. The van der Waals surface area contributed by atoms with E-state index >= 15 is 0 Å². The van der Waals surface area contributed by atoms with Gasteiger partial charge in [-0.3, -0.25) is 0 Å². The third kappa shape index (κ3) is 6.31. The smallest absolute Gasteiger partial charge is 0.106 e. The van der Waals surface area contributed by atoms with E-state index in [9.17, 15) is 0 Å². The Balaban J connectivity index is 5.40. The summed E-state index contributed by atoms with van der Waals surface area (Å²) < 4.78 is 5.47. The van der Waals surface area contributed by atoms with Crippen LogP contribution in [0.1, 0.15) is 27.7 Å². The number of rotatable bonds is 9. The van der Waals surface area contributed by atoms with E-state index in [-0.39, 0.29) is 5.41 Å². The first-order valence-corrected chi connectivity index (χ1v) is 7.15. The summed E-state index contributed by atoms with van der Waals surface area (Å²) in [4.78, 5) is 0. The third-order valence-electron chi connectivity index (χ3n) is 3.31. The van der Waals surface area contributed by atoms with Crippen molar-refractivity contribution in [1.82, 2.24) is 0 Å². The topological polar surface area (TPSA) is 9.23 Å². The Morgan fingerprint density at radius 3 is 2.24 bits per heavy atom. The monoisotopic (exact) mass is 284 g/mol. The van der Waals surface area contributed by atoms with Gasteiger partial charge in [0.05, 0.1) is 5.76 Å². The van der Waals surface area contributed by atoms with Crippen LogP contribution in [0.25, 0.3) is 0 Å². The van der Waals surface area contributed by atoms with Crippen molar-refractivity contribution in [3.05, 3.63) is 85.3 Å². The van der Waals surface area contributed by atoms with Crippen LogP contribution >= 0.6 is 0 Å². The van der Waals surface area contributed by atoms with E-state index < -0.39 is 0 Å².